The van der Waals surface area contributed by atoms with Crippen LogP contribution in [0.3, 0.4) is 0 Å². The van der Waals surface area contributed by atoms with E-state index in [0.29, 0.717) is 11.4 Å². The lowest BCUT2D eigenvalue weighted by Crippen LogP contribution is -2.34. The van der Waals surface area contributed by atoms with Crippen LogP contribution < -0.4 is 10.6 Å². The average Bonchev–Trinajstić information content (AvgIpc) is 2.72. The van der Waals surface area contributed by atoms with E-state index in [-0.39, 0.29) is 11.5 Å². The fourth-order valence-electron chi connectivity index (χ4n) is 2.32. The van der Waals surface area contributed by atoms with Crippen LogP contribution in [0.1, 0.15) is 40.6 Å². The lowest BCUT2D eigenvalue weighted by molar-refractivity contribution is -0.123. The predicted molar refractivity (Wildman–Crippen MR) is 73.7 cm³/mol. The van der Waals surface area contributed by atoms with Gasteiger partial charge in [-0.3, -0.25) is 9.59 Å². The summed E-state index contributed by atoms with van der Waals surface area (Å²) in [7, 11) is 0. The van der Waals surface area contributed by atoms with E-state index in [2.05, 4.69) is 5.32 Å². The molecule has 4 nitrogen and oxygen atoms in total. The summed E-state index contributed by atoms with van der Waals surface area (Å²) >= 11 is 1.28. The zero-order valence-corrected chi connectivity index (χ0v) is 12.2. The summed E-state index contributed by atoms with van der Waals surface area (Å²) < 4.78 is 36.7. The normalized spacial score (nSPS) is 14.5. The lowest BCUT2D eigenvalue weighted by Gasteiger charge is -2.14. The van der Waals surface area contributed by atoms with E-state index in [4.69, 9.17) is 0 Å². The van der Waals surface area contributed by atoms with E-state index >= 15 is 0 Å². The summed E-state index contributed by atoms with van der Waals surface area (Å²) in [5.41, 5.74) is 0.962. The van der Waals surface area contributed by atoms with Crippen LogP contribution in [0, 0.1) is 0 Å². The van der Waals surface area contributed by atoms with Crippen molar-refractivity contribution in [3.05, 3.63) is 16.0 Å². The number of nitrogens with one attached hydrogen (secondary N) is 2. The van der Waals surface area contributed by atoms with Gasteiger partial charge in [-0.15, -0.1) is 11.3 Å². The molecule has 2 N–H and O–H groups in total. The number of carbonyl (C=O) groups excluding carboxylic acids is 2. The first-order valence-corrected chi connectivity index (χ1v) is 7.36. The molecule has 0 saturated heterocycles. The number of alkyl halides is 3. The van der Waals surface area contributed by atoms with Crippen molar-refractivity contribution in [1.29, 1.82) is 0 Å². The summed E-state index contributed by atoms with van der Waals surface area (Å²) in [6.45, 7) is -0.0773. The first-order valence-electron chi connectivity index (χ1n) is 6.55. The molecule has 1 aliphatic carbocycles. The lowest BCUT2D eigenvalue weighted by atomic mass is 9.95. The van der Waals surface area contributed by atoms with Crippen LogP contribution in [0.15, 0.2) is 0 Å². The molecule has 0 radical (unpaired) electrons. The molecule has 1 heterocycles. The highest BCUT2D eigenvalue weighted by Crippen LogP contribution is 2.38. The number of amides is 2. The molecule has 1 aliphatic rings. The van der Waals surface area contributed by atoms with Gasteiger partial charge in [-0.05, 0) is 31.2 Å². The number of halogens is 3. The van der Waals surface area contributed by atoms with E-state index in [1.54, 1.807) is 0 Å². The number of rotatable bonds is 3. The maximum absolute atomic E-state index is 12.2. The van der Waals surface area contributed by atoms with E-state index in [1.165, 1.54) is 18.3 Å². The Balaban J connectivity index is 2.28. The largest absolute Gasteiger partial charge is 0.405 e. The van der Waals surface area contributed by atoms with Gasteiger partial charge in [0.1, 0.15) is 11.5 Å². The van der Waals surface area contributed by atoms with Crippen molar-refractivity contribution in [3.8, 4) is 0 Å². The Kier molecular flexibility index (Phi) is 4.55. The summed E-state index contributed by atoms with van der Waals surface area (Å²) in [6, 6.07) is 0. The van der Waals surface area contributed by atoms with Gasteiger partial charge in [-0.2, -0.15) is 13.2 Å². The fraction of sp³-hybridized carbons (Fsp3) is 0.538. The molecule has 1 aromatic rings. The summed E-state index contributed by atoms with van der Waals surface area (Å²) in [6.07, 6.45) is -1.14. The molecule has 2 rings (SSSR count). The zero-order valence-electron chi connectivity index (χ0n) is 11.4. The van der Waals surface area contributed by atoms with E-state index in [9.17, 15) is 22.8 Å². The summed E-state index contributed by atoms with van der Waals surface area (Å²) in [5, 5.41) is 4.77. The van der Waals surface area contributed by atoms with Gasteiger partial charge in [0, 0.05) is 11.8 Å². The van der Waals surface area contributed by atoms with Crippen LogP contribution in [0.4, 0.5) is 18.2 Å². The van der Waals surface area contributed by atoms with Gasteiger partial charge in [0.15, 0.2) is 0 Å². The number of fused-ring (bicyclic) bond motifs is 1. The minimum Gasteiger partial charge on any atom is -0.343 e. The molecule has 0 bridgehead atoms. The van der Waals surface area contributed by atoms with Gasteiger partial charge < -0.3 is 10.6 Å². The smallest absolute Gasteiger partial charge is 0.343 e. The van der Waals surface area contributed by atoms with Gasteiger partial charge in [0.2, 0.25) is 5.91 Å². The third-order valence-corrected chi connectivity index (χ3v) is 4.34. The quantitative estimate of drug-likeness (QED) is 0.900. The maximum atomic E-state index is 12.2. The van der Waals surface area contributed by atoms with Gasteiger partial charge in [0.05, 0.1) is 5.56 Å². The average molecular weight is 320 g/mol. The molecule has 0 fully saturated rings. The Morgan fingerprint density at radius 3 is 2.52 bits per heavy atom. The van der Waals surface area contributed by atoms with Crippen molar-refractivity contribution in [2.75, 3.05) is 11.9 Å². The van der Waals surface area contributed by atoms with Crippen LogP contribution in [-0.2, 0) is 17.6 Å². The van der Waals surface area contributed by atoms with E-state index < -0.39 is 18.6 Å². The van der Waals surface area contributed by atoms with Gasteiger partial charge in [0.25, 0.3) is 5.91 Å². The summed E-state index contributed by atoms with van der Waals surface area (Å²) in [4.78, 5) is 24.2. The Morgan fingerprint density at radius 1 is 1.24 bits per heavy atom. The predicted octanol–water partition coefficient (Wildman–Crippen LogP) is 2.88. The van der Waals surface area contributed by atoms with Crippen molar-refractivity contribution in [3.63, 3.8) is 0 Å². The third-order valence-electron chi connectivity index (χ3n) is 3.14. The number of thiophene rings is 1. The van der Waals surface area contributed by atoms with E-state index in [0.717, 1.165) is 29.7 Å². The van der Waals surface area contributed by atoms with Crippen LogP contribution in [0.25, 0.3) is 0 Å². The first kappa shape index (κ1) is 15.8. The minimum atomic E-state index is -4.46. The molecular formula is C13H15F3N2O2S. The molecule has 0 spiro atoms. The highest BCUT2D eigenvalue weighted by Gasteiger charge is 2.31. The number of hydrogen-bond donors (Lipinski definition) is 2. The Labute approximate surface area is 123 Å². The topological polar surface area (TPSA) is 58.2 Å². The number of anilines is 1. The molecule has 0 unspecified atom stereocenters. The second-order valence-corrected chi connectivity index (χ2v) is 6.00. The molecule has 21 heavy (non-hydrogen) atoms. The van der Waals surface area contributed by atoms with Crippen molar-refractivity contribution < 1.29 is 22.8 Å². The molecule has 0 aliphatic heterocycles. The van der Waals surface area contributed by atoms with Gasteiger partial charge in [-0.1, -0.05) is 0 Å². The van der Waals surface area contributed by atoms with Crippen molar-refractivity contribution >= 4 is 28.2 Å². The Hall–Kier alpha value is -1.57. The van der Waals surface area contributed by atoms with Crippen LogP contribution in [-0.4, -0.2) is 24.5 Å². The van der Waals surface area contributed by atoms with Gasteiger partial charge >= 0.3 is 6.18 Å². The molecule has 2 amide bonds. The fourth-order valence-corrected chi connectivity index (χ4v) is 3.66. The monoisotopic (exact) mass is 320 g/mol. The molecule has 1 aromatic heterocycles. The summed E-state index contributed by atoms with van der Waals surface area (Å²) in [5.74, 6) is -1.13. The highest BCUT2D eigenvalue weighted by molar-refractivity contribution is 7.17. The molecule has 0 aromatic carbocycles. The SMILES string of the molecule is CC(=O)Nc1sc2c(c1C(=O)NCC(F)(F)F)CCCC2. The molecular weight excluding hydrogens is 305 g/mol. The van der Waals surface area contributed by atoms with Crippen molar-refractivity contribution in [1.82, 2.24) is 5.32 Å². The van der Waals surface area contributed by atoms with Crippen LogP contribution in [0.2, 0.25) is 0 Å². The Morgan fingerprint density at radius 2 is 1.90 bits per heavy atom. The highest BCUT2D eigenvalue weighted by atomic mass is 32.1. The van der Waals surface area contributed by atoms with Crippen molar-refractivity contribution in [2.24, 2.45) is 0 Å². The number of hydrogen-bond acceptors (Lipinski definition) is 3. The van der Waals surface area contributed by atoms with Crippen LogP contribution >= 0.6 is 11.3 Å². The second-order valence-electron chi connectivity index (χ2n) is 4.89. The van der Waals surface area contributed by atoms with Crippen LogP contribution in [0.5, 0.6) is 0 Å². The Bertz CT molecular complexity index is 566. The molecule has 0 saturated carbocycles. The maximum Gasteiger partial charge on any atom is 0.405 e. The second kappa shape index (κ2) is 6.05. The third kappa shape index (κ3) is 3.96. The number of carbonyl (C=O) groups is 2. The first-order chi connectivity index (χ1) is 9.78. The molecule has 8 heteroatoms. The standard InChI is InChI=1S/C13H15F3N2O2S/c1-7(19)18-12-10(11(20)17-6-13(14,15)16)8-4-2-3-5-9(8)21-12/h2-6H2,1H3,(H,17,20)(H,18,19). The van der Waals surface area contributed by atoms with Crippen molar-refractivity contribution in [2.45, 2.75) is 38.8 Å². The van der Waals surface area contributed by atoms with Gasteiger partial charge in [-0.25, -0.2) is 0 Å². The molecule has 0 atom stereocenters. The van der Waals surface area contributed by atoms with E-state index in [1.807, 2.05) is 5.32 Å². The zero-order chi connectivity index (χ0) is 15.6. The number of aryl methyl sites for hydroxylation is 1. The minimum absolute atomic E-state index is 0.189. The molecule has 116 valence electrons.